The Morgan fingerprint density at radius 2 is 2.00 bits per heavy atom. The van der Waals surface area contributed by atoms with Crippen LogP contribution in [0.4, 0.5) is 0 Å². The van der Waals surface area contributed by atoms with Gasteiger partial charge in [0.1, 0.15) is 10.5 Å². The van der Waals surface area contributed by atoms with E-state index in [0.717, 1.165) is 27.0 Å². The van der Waals surface area contributed by atoms with Crippen LogP contribution in [0.25, 0.3) is 15.9 Å². The van der Waals surface area contributed by atoms with Crippen molar-refractivity contribution in [2.75, 3.05) is 0 Å². The number of nitrogens with zero attached hydrogens (tertiary/aromatic N) is 4. The normalized spacial score (nSPS) is 11.6. The van der Waals surface area contributed by atoms with E-state index in [1.165, 1.54) is 22.2 Å². The van der Waals surface area contributed by atoms with E-state index in [-0.39, 0.29) is 11.1 Å². The van der Waals surface area contributed by atoms with Crippen LogP contribution in [0, 0.1) is 0 Å². The van der Waals surface area contributed by atoms with Crippen molar-refractivity contribution in [3.8, 4) is 0 Å². The predicted molar refractivity (Wildman–Crippen MR) is 122 cm³/mol. The predicted octanol–water partition coefficient (Wildman–Crippen LogP) is 4.49. The summed E-state index contributed by atoms with van der Waals surface area (Å²) in [7, 11) is 0. The molecule has 0 saturated carbocycles. The molecule has 6 nitrogen and oxygen atoms in total. The molecular formula is C20H19BrN4O2S2. The summed E-state index contributed by atoms with van der Waals surface area (Å²) in [6.07, 6.45) is 3.44. The minimum atomic E-state index is -0.132. The van der Waals surface area contributed by atoms with Crippen LogP contribution in [0.3, 0.4) is 0 Å². The number of thioether (sulfide) groups is 1. The molecular weight excluding hydrogens is 472 g/mol. The van der Waals surface area contributed by atoms with Crippen molar-refractivity contribution in [3.05, 3.63) is 66.2 Å². The fourth-order valence-corrected chi connectivity index (χ4v) is 5.35. The van der Waals surface area contributed by atoms with E-state index in [4.69, 9.17) is 4.98 Å². The molecule has 0 spiro atoms. The molecule has 0 atom stereocenters. The smallest absolute Gasteiger partial charge is 0.262 e. The summed E-state index contributed by atoms with van der Waals surface area (Å²) in [5.41, 5.74) is 1.13. The number of aromatic nitrogens is 4. The van der Waals surface area contributed by atoms with Gasteiger partial charge in [0.15, 0.2) is 5.16 Å². The first-order valence-electron chi connectivity index (χ1n) is 9.34. The van der Waals surface area contributed by atoms with Gasteiger partial charge in [-0.15, -0.1) is 11.3 Å². The summed E-state index contributed by atoms with van der Waals surface area (Å²) in [5, 5.41) is 1.36. The fraction of sp³-hybridized carbons (Fsp3) is 0.300. The third-order valence-corrected chi connectivity index (χ3v) is 7.14. The average Bonchev–Trinajstić information content (AvgIpc) is 3.13. The van der Waals surface area contributed by atoms with E-state index in [1.807, 2.05) is 19.1 Å². The van der Waals surface area contributed by atoms with Gasteiger partial charge in [-0.25, -0.2) is 9.97 Å². The Balaban J connectivity index is 1.71. The van der Waals surface area contributed by atoms with Crippen molar-refractivity contribution in [2.24, 2.45) is 0 Å². The van der Waals surface area contributed by atoms with Crippen LogP contribution in [0.15, 0.2) is 49.7 Å². The lowest BCUT2D eigenvalue weighted by Gasteiger charge is -2.11. The average molecular weight is 491 g/mol. The lowest BCUT2D eigenvalue weighted by molar-refractivity contribution is 0.585. The first-order valence-corrected chi connectivity index (χ1v) is 11.9. The van der Waals surface area contributed by atoms with Crippen LogP contribution in [-0.2, 0) is 18.7 Å². The van der Waals surface area contributed by atoms with Gasteiger partial charge >= 0.3 is 0 Å². The van der Waals surface area contributed by atoms with Gasteiger partial charge in [0, 0.05) is 33.9 Å². The summed E-state index contributed by atoms with van der Waals surface area (Å²) in [5.74, 6) is 0.468. The lowest BCUT2D eigenvalue weighted by atomic mass is 10.3. The van der Waals surface area contributed by atoms with Crippen molar-refractivity contribution in [2.45, 2.75) is 44.1 Å². The molecule has 29 heavy (non-hydrogen) atoms. The summed E-state index contributed by atoms with van der Waals surface area (Å²) in [6, 6.07) is 7.15. The zero-order valence-electron chi connectivity index (χ0n) is 16.0. The Hall–Kier alpha value is -1.97. The number of rotatable bonds is 6. The van der Waals surface area contributed by atoms with Crippen LogP contribution >= 0.6 is 39.0 Å². The number of halogens is 1. The first-order chi connectivity index (χ1) is 14.0. The maximum Gasteiger partial charge on any atom is 0.262 e. The largest absolute Gasteiger partial charge is 0.287 e. The number of fused-ring (bicyclic) bond motifs is 2. The van der Waals surface area contributed by atoms with Gasteiger partial charge in [0.2, 0.25) is 0 Å². The third kappa shape index (κ3) is 4.04. The van der Waals surface area contributed by atoms with Crippen LogP contribution in [0.1, 0.15) is 30.8 Å². The van der Waals surface area contributed by atoms with Gasteiger partial charge in [-0.05, 0) is 47.0 Å². The third-order valence-electron chi connectivity index (χ3n) is 4.49. The maximum absolute atomic E-state index is 13.0. The zero-order valence-corrected chi connectivity index (χ0v) is 19.2. The Labute approximate surface area is 183 Å². The van der Waals surface area contributed by atoms with Crippen LogP contribution in [0.5, 0.6) is 0 Å². The quantitative estimate of drug-likeness (QED) is 0.294. The molecule has 0 radical (unpaired) electrons. The fourth-order valence-electron chi connectivity index (χ4n) is 3.09. The molecule has 4 heterocycles. The Morgan fingerprint density at radius 3 is 2.76 bits per heavy atom. The van der Waals surface area contributed by atoms with Crippen molar-refractivity contribution in [1.29, 1.82) is 0 Å². The number of pyridine rings is 1. The molecule has 150 valence electrons. The second-order valence-corrected chi connectivity index (χ2v) is 9.56. The summed E-state index contributed by atoms with van der Waals surface area (Å²) in [4.78, 5) is 36.7. The van der Waals surface area contributed by atoms with Crippen LogP contribution < -0.4 is 11.1 Å². The summed E-state index contributed by atoms with van der Waals surface area (Å²) >= 11 is 6.38. The van der Waals surface area contributed by atoms with Crippen molar-refractivity contribution in [3.63, 3.8) is 0 Å². The highest BCUT2D eigenvalue weighted by atomic mass is 79.9. The zero-order chi connectivity index (χ0) is 20.5. The van der Waals surface area contributed by atoms with Crippen molar-refractivity contribution >= 4 is 54.9 Å². The summed E-state index contributed by atoms with van der Waals surface area (Å²) in [6.45, 7) is 4.73. The highest BCUT2D eigenvalue weighted by Crippen LogP contribution is 2.26. The Bertz CT molecular complexity index is 1330. The van der Waals surface area contributed by atoms with E-state index in [0.29, 0.717) is 34.2 Å². The standard InChI is InChI=1S/C20H19BrN4O2S2/c1-3-7-24-19(27)15-9-14(4-2)29-18(15)23-20(24)28-11-13-8-17(26)25-10-12(21)5-6-16(25)22-13/h5-6,8-10H,3-4,7,11H2,1-2H3. The number of thiophene rings is 1. The van der Waals surface area contributed by atoms with Gasteiger partial charge < -0.3 is 0 Å². The second kappa shape index (κ2) is 8.41. The molecule has 9 heteroatoms. The van der Waals surface area contributed by atoms with Crippen molar-refractivity contribution < 1.29 is 0 Å². The molecule has 4 aromatic rings. The van der Waals surface area contributed by atoms with Crippen LogP contribution in [-0.4, -0.2) is 18.9 Å². The van der Waals surface area contributed by atoms with Gasteiger partial charge in [-0.3, -0.25) is 18.6 Å². The van der Waals surface area contributed by atoms with Gasteiger partial charge in [0.25, 0.3) is 11.1 Å². The second-order valence-electron chi connectivity index (χ2n) is 6.59. The van der Waals surface area contributed by atoms with Crippen LogP contribution in [0.2, 0.25) is 0 Å². The molecule has 0 fully saturated rings. The molecule has 0 saturated heterocycles. The Morgan fingerprint density at radius 1 is 1.17 bits per heavy atom. The number of hydrogen-bond acceptors (Lipinski definition) is 6. The SMILES string of the molecule is CCCn1c(SCc2cc(=O)n3cc(Br)ccc3n2)nc2sc(CC)cc2c1=O. The molecule has 0 unspecified atom stereocenters. The highest BCUT2D eigenvalue weighted by Gasteiger charge is 2.14. The minimum absolute atomic E-state index is 0.00619. The molecule has 0 aliphatic rings. The van der Waals surface area contributed by atoms with Gasteiger partial charge in [0.05, 0.1) is 11.1 Å². The molecule has 0 bridgehead atoms. The molecule has 0 aliphatic heterocycles. The number of aryl methyl sites for hydroxylation is 1. The van der Waals surface area contributed by atoms with Crippen molar-refractivity contribution in [1.82, 2.24) is 18.9 Å². The van der Waals surface area contributed by atoms with E-state index < -0.39 is 0 Å². The van der Waals surface area contributed by atoms with E-state index in [2.05, 4.69) is 27.8 Å². The molecule has 4 rings (SSSR count). The lowest BCUT2D eigenvalue weighted by Crippen LogP contribution is -2.22. The molecule has 0 aromatic carbocycles. The van der Waals surface area contributed by atoms with E-state index in [9.17, 15) is 9.59 Å². The maximum atomic E-state index is 13.0. The highest BCUT2D eigenvalue weighted by molar-refractivity contribution is 9.10. The number of hydrogen-bond donors (Lipinski definition) is 0. The van der Waals surface area contributed by atoms with Gasteiger partial charge in [-0.2, -0.15) is 0 Å². The van der Waals surface area contributed by atoms with E-state index >= 15 is 0 Å². The van der Waals surface area contributed by atoms with E-state index in [1.54, 1.807) is 28.2 Å². The minimum Gasteiger partial charge on any atom is -0.287 e. The topological polar surface area (TPSA) is 69.3 Å². The molecule has 0 aliphatic carbocycles. The Kier molecular flexibility index (Phi) is 5.89. The molecule has 4 aromatic heterocycles. The monoisotopic (exact) mass is 490 g/mol. The van der Waals surface area contributed by atoms with Gasteiger partial charge in [-0.1, -0.05) is 25.6 Å². The summed E-state index contributed by atoms with van der Waals surface area (Å²) < 4.78 is 4.07. The first kappa shape index (κ1) is 20.3. The molecule has 0 amide bonds. The molecule has 0 N–H and O–H groups in total.